The first-order valence-corrected chi connectivity index (χ1v) is 17.5. The van der Waals surface area contributed by atoms with Gasteiger partial charge in [-0.15, -0.1) is 0 Å². The molecule has 6 rings (SSSR count). The Morgan fingerprint density at radius 1 is 0.957 bits per heavy atom. The zero-order chi connectivity index (χ0) is 33.4. The molecule has 47 heavy (non-hydrogen) atoms. The molecule has 0 radical (unpaired) electrons. The van der Waals surface area contributed by atoms with Crippen molar-refractivity contribution in [3.05, 3.63) is 23.8 Å². The van der Waals surface area contributed by atoms with E-state index in [0.29, 0.717) is 31.8 Å². The number of epoxide rings is 1. The van der Waals surface area contributed by atoms with E-state index >= 15 is 0 Å². The van der Waals surface area contributed by atoms with Crippen molar-refractivity contribution in [1.82, 2.24) is 0 Å². The van der Waals surface area contributed by atoms with E-state index in [-0.39, 0.29) is 85.1 Å². The predicted octanol–water partition coefficient (Wildman–Crippen LogP) is 4.75. The summed E-state index contributed by atoms with van der Waals surface area (Å²) in [6.45, 7) is 9.04. The molecule has 3 aliphatic carbocycles. The first-order valence-electron chi connectivity index (χ1n) is 17.5. The molecule has 0 bridgehead atoms. The van der Waals surface area contributed by atoms with E-state index in [1.807, 2.05) is 12.2 Å². The number of fused-ring (bicyclic) bond motifs is 2. The van der Waals surface area contributed by atoms with Gasteiger partial charge in [-0.1, -0.05) is 39.8 Å². The fourth-order valence-electron chi connectivity index (χ4n) is 9.35. The van der Waals surface area contributed by atoms with Crippen molar-refractivity contribution in [2.24, 2.45) is 28.6 Å². The van der Waals surface area contributed by atoms with Crippen LogP contribution in [-0.4, -0.2) is 80.5 Å². The molecule has 3 saturated carbocycles. The number of hydrogen-bond acceptors (Lipinski definition) is 11. The molecular formula is C36H50O11. The number of esters is 4. The summed E-state index contributed by atoms with van der Waals surface area (Å²) in [5.74, 6) is -1.19. The molecule has 260 valence electrons. The van der Waals surface area contributed by atoms with Gasteiger partial charge in [0.15, 0.2) is 6.10 Å². The lowest BCUT2D eigenvalue weighted by Crippen LogP contribution is -2.61. The van der Waals surface area contributed by atoms with E-state index in [1.54, 1.807) is 13.8 Å². The number of rotatable bonds is 10. The second-order valence-corrected chi connectivity index (χ2v) is 14.8. The summed E-state index contributed by atoms with van der Waals surface area (Å²) in [5.41, 5.74) is -0.785. The first kappa shape index (κ1) is 34.1. The molecular weight excluding hydrogens is 608 g/mol. The minimum atomic E-state index is -0.784. The van der Waals surface area contributed by atoms with Gasteiger partial charge in [-0.05, 0) is 74.5 Å². The average molecular weight is 659 g/mol. The van der Waals surface area contributed by atoms with Crippen molar-refractivity contribution >= 4 is 23.9 Å². The van der Waals surface area contributed by atoms with E-state index in [2.05, 4.69) is 13.8 Å². The highest BCUT2D eigenvalue weighted by Crippen LogP contribution is 2.66. The van der Waals surface area contributed by atoms with Crippen LogP contribution in [0.5, 0.6) is 0 Å². The van der Waals surface area contributed by atoms with Crippen LogP contribution in [0.25, 0.3) is 0 Å². The molecule has 0 aromatic heterocycles. The third kappa shape index (κ3) is 6.77. The Morgan fingerprint density at radius 2 is 1.72 bits per heavy atom. The number of allylic oxidation sites excluding steroid dienone is 2. The maximum Gasteiger partial charge on any atom is 0.337 e. The van der Waals surface area contributed by atoms with Crippen molar-refractivity contribution in [1.29, 1.82) is 0 Å². The van der Waals surface area contributed by atoms with E-state index in [9.17, 15) is 19.2 Å². The van der Waals surface area contributed by atoms with E-state index in [1.165, 1.54) is 6.08 Å². The third-order valence-electron chi connectivity index (χ3n) is 12.1. The van der Waals surface area contributed by atoms with Crippen molar-refractivity contribution in [2.45, 2.75) is 122 Å². The molecule has 5 unspecified atom stereocenters. The van der Waals surface area contributed by atoms with Crippen LogP contribution in [0.4, 0.5) is 0 Å². The molecule has 3 heterocycles. The van der Waals surface area contributed by atoms with Gasteiger partial charge in [0.05, 0.1) is 30.0 Å². The van der Waals surface area contributed by atoms with Crippen molar-refractivity contribution < 1.29 is 52.3 Å². The molecule has 0 aromatic carbocycles. The highest BCUT2D eigenvalue weighted by molar-refractivity contribution is 5.93. The summed E-state index contributed by atoms with van der Waals surface area (Å²) in [5, 5.41) is 0. The summed E-state index contributed by atoms with van der Waals surface area (Å²) < 4.78 is 40.3. The minimum Gasteiger partial charge on any atom is -0.465 e. The lowest BCUT2D eigenvalue weighted by atomic mass is 9.45. The lowest BCUT2D eigenvalue weighted by Gasteiger charge is -2.61. The molecule has 0 N–H and O–H groups in total. The zero-order valence-electron chi connectivity index (χ0n) is 28.2. The normalized spacial score (nSPS) is 41.7. The second kappa shape index (κ2) is 13.6. The highest BCUT2D eigenvalue weighted by atomic mass is 16.7. The maximum atomic E-state index is 12.9. The van der Waals surface area contributed by atoms with Gasteiger partial charge in [-0.2, -0.15) is 0 Å². The molecule has 6 fully saturated rings. The standard InChI is InChI=1S/C36H50O11/c1-5-30(37)42-19-35(4)27-13-16-36(20-45-36)28(34(27,3)15-14-29(35)47-31(38)6-2)11-9-23-26(18-41-33(23)40)46-32(39)12-8-22-7-10-24-25(17-22)44-21-43-24/h8-9,12,22,24-29H,5-7,10-11,13-21H2,1-4H3/b12-8+,23-9+/t22?,24?,25?,26-,27?,28?,29-,34+,35+,36+/m1/s1. The first-order chi connectivity index (χ1) is 22.5. The number of cyclic esters (lactones) is 1. The van der Waals surface area contributed by atoms with Crippen molar-refractivity contribution in [3.8, 4) is 0 Å². The third-order valence-corrected chi connectivity index (χ3v) is 12.1. The number of carbonyl (C=O) groups excluding carboxylic acids is 4. The molecule has 11 heteroatoms. The molecule has 0 aromatic rings. The fraction of sp³-hybridized carbons (Fsp3) is 0.778. The van der Waals surface area contributed by atoms with Gasteiger partial charge in [-0.3, -0.25) is 9.59 Å². The quantitative estimate of drug-likeness (QED) is 0.139. The molecule has 3 saturated heterocycles. The van der Waals surface area contributed by atoms with Gasteiger partial charge in [-0.25, -0.2) is 9.59 Å². The Kier molecular flexibility index (Phi) is 9.89. The summed E-state index contributed by atoms with van der Waals surface area (Å²) >= 11 is 0. The van der Waals surface area contributed by atoms with Crippen molar-refractivity contribution in [3.63, 3.8) is 0 Å². The molecule has 0 amide bonds. The Labute approximate surface area is 277 Å². The summed E-state index contributed by atoms with van der Waals surface area (Å²) in [6, 6.07) is 0. The summed E-state index contributed by atoms with van der Waals surface area (Å²) in [4.78, 5) is 50.5. The van der Waals surface area contributed by atoms with Crippen LogP contribution in [0.1, 0.15) is 91.9 Å². The summed E-state index contributed by atoms with van der Waals surface area (Å²) in [6.07, 6.45) is 11.1. The van der Waals surface area contributed by atoms with E-state index < -0.39 is 23.5 Å². The molecule has 3 aliphatic heterocycles. The van der Waals surface area contributed by atoms with Gasteiger partial charge < -0.3 is 33.2 Å². The van der Waals surface area contributed by atoms with Crippen LogP contribution in [0.3, 0.4) is 0 Å². The fourth-order valence-corrected chi connectivity index (χ4v) is 9.35. The topological polar surface area (TPSA) is 136 Å². The predicted molar refractivity (Wildman–Crippen MR) is 166 cm³/mol. The number of hydrogen-bond donors (Lipinski definition) is 0. The Morgan fingerprint density at radius 3 is 2.47 bits per heavy atom. The Hall–Kier alpha value is -2.76. The Bertz CT molecular complexity index is 1290. The number of carbonyl (C=O) groups is 4. The maximum absolute atomic E-state index is 12.9. The monoisotopic (exact) mass is 658 g/mol. The SMILES string of the molecule is CCC(=O)OC[C@@]1(C)C2CC[C@]3(CO3)C(C/C=C3/C(=O)OC[C@H]3OC(=O)/C=C/C3CCC4OCOC4C3)[C@@]2(C)CC[C@H]1OC(=O)CC. The minimum absolute atomic E-state index is 0.0137. The smallest absolute Gasteiger partial charge is 0.337 e. The van der Waals surface area contributed by atoms with Crippen LogP contribution in [0, 0.1) is 28.6 Å². The van der Waals surface area contributed by atoms with E-state index in [4.69, 9.17) is 33.2 Å². The largest absolute Gasteiger partial charge is 0.465 e. The van der Waals surface area contributed by atoms with Gasteiger partial charge in [0.2, 0.25) is 0 Å². The zero-order valence-corrected chi connectivity index (χ0v) is 28.2. The van der Waals surface area contributed by atoms with Crippen LogP contribution in [-0.2, 0) is 52.3 Å². The lowest BCUT2D eigenvalue weighted by molar-refractivity contribution is -0.203. The van der Waals surface area contributed by atoms with Gasteiger partial charge in [0.25, 0.3) is 0 Å². The van der Waals surface area contributed by atoms with Crippen LogP contribution < -0.4 is 0 Å². The molecule has 11 nitrogen and oxygen atoms in total. The van der Waals surface area contributed by atoms with E-state index in [0.717, 1.165) is 38.5 Å². The number of ether oxygens (including phenoxy) is 7. The van der Waals surface area contributed by atoms with Crippen molar-refractivity contribution in [2.75, 3.05) is 26.6 Å². The summed E-state index contributed by atoms with van der Waals surface area (Å²) in [7, 11) is 0. The van der Waals surface area contributed by atoms with Crippen LogP contribution in [0.2, 0.25) is 0 Å². The molecule has 1 spiro atoms. The van der Waals surface area contributed by atoms with Gasteiger partial charge in [0.1, 0.15) is 26.1 Å². The van der Waals surface area contributed by atoms with Crippen LogP contribution >= 0.6 is 0 Å². The molecule has 10 atom stereocenters. The average Bonchev–Trinajstić information content (AvgIpc) is 3.51. The highest BCUT2D eigenvalue weighted by Gasteiger charge is 2.67. The van der Waals surface area contributed by atoms with Gasteiger partial charge >= 0.3 is 23.9 Å². The molecule has 6 aliphatic rings. The Balaban J connectivity index is 1.17. The van der Waals surface area contributed by atoms with Gasteiger partial charge in [0, 0.05) is 24.3 Å². The van der Waals surface area contributed by atoms with Crippen LogP contribution in [0.15, 0.2) is 23.8 Å². The second-order valence-electron chi connectivity index (χ2n) is 14.8.